The highest BCUT2D eigenvalue weighted by Gasteiger charge is 2.10. The Hall–Kier alpha value is -2.53. The number of fused-ring (bicyclic) bond motifs is 1. The topological polar surface area (TPSA) is 55.6 Å². The van der Waals surface area contributed by atoms with Crippen LogP contribution in [-0.2, 0) is 11.3 Å². The van der Waals surface area contributed by atoms with Gasteiger partial charge in [-0.3, -0.25) is 9.20 Å². The summed E-state index contributed by atoms with van der Waals surface area (Å²) in [6.07, 6.45) is 3.39. The van der Waals surface area contributed by atoms with Crippen LogP contribution >= 0.6 is 11.6 Å². The van der Waals surface area contributed by atoms with E-state index >= 15 is 0 Å². The molecule has 0 amide bonds. The number of anilines is 1. The van der Waals surface area contributed by atoms with Crippen LogP contribution in [-0.4, -0.2) is 15.9 Å². The van der Waals surface area contributed by atoms with Crippen molar-refractivity contribution < 1.29 is 9.53 Å². The van der Waals surface area contributed by atoms with Crippen LogP contribution in [0.1, 0.15) is 11.1 Å². The number of nitrogens with zero attached hydrogens (tertiary/aromatic N) is 2. The molecule has 5 nitrogen and oxygen atoms in total. The van der Waals surface area contributed by atoms with Crippen molar-refractivity contribution in [2.75, 3.05) is 5.32 Å². The number of carbonyl (C=O) groups is 1. The van der Waals surface area contributed by atoms with Gasteiger partial charge in [-0.25, -0.2) is 4.98 Å². The molecule has 1 N–H and O–H groups in total. The van der Waals surface area contributed by atoms with Gasteiger partial charge in [-0.2, -0.15) is 0 Å². The first-order valence-corrected chi connectivity index (χ1v) is 7.12. The van der Waals surface area contributed by atoms with Gasteiger partial charge in [0, 0.05) is 24.0 Å². The average Bonchev–Trinajstić information content (AvgIpc) is 2.98. The number of nitrogens with one attached hydrogen (secondary N) is 1. The fourth-order valence-electron chi connectivity index (χ4n) is 2.29. The quantitative estimate of drug-likeness (QED) is 0.733. The zero-order chi connectivity index (χ0) is 15.5. The number of carbonyl (C=O) groups excluding carboxylic acids is 1. The van der Waals surface area contributed by atoms with E-state index in [-0.39, 0.29) is 0 Å². The summed E-state index contributed by atoms with van der Waals surface area (Å²) in [5, 5.41) is 3.96. The first-order valence-electron chi connectivity index (χ1n) is 6.74. The molecule has 0 bridgehead atoms. The predicted octanol–water partition coefficient (Wildman–Crippen LogP) is 3.44. The molecule has 2 aromatic heterocycles. The number of aryl methyl sites for hydroxylation is 1. The summed E-state index contributed by atoms with van der Waals surface area (Å²) in [7, 11) is 0. The standard InChI is InChI=1S/C16H14ClN3O2/c1-11-2-3-13(17)8-12(11)9-19-14-4-5-15-18-6-7-20(15)16(14)22-10-21/h2-8,10,19H,9H2,1H3. The molecule has 0 fully saturated rings. The molecule has 0 saturated heterocycles. The van der Waals surface area contributed by atoms with Crippen molar-refractivity contribution in [3.05, 3.63) is 58.9 Å². The number of pyridine rings is 1. The van der Waals surface area contributed by atoms with E-state index in [2.05, 4.69) is 10.3 Å². The largest absolute Gasteiger partial charge is 0.409 e. The van der Waals surface area contributed by atoms with E-state index < -0.39 is 0 Å². The Morgan fingerprint density at radius 2 is 2.23 bits per heavy atom. The minimum absolute atomic E-state index is 0.407. The Balaban J connectivity index is 1.91. The predicted molar refractivity (Wildman–Crippen MR) is 85.4 cm³/mol. The molecule has 3 rings (SSSR count). The summed E-state index contributed by atoms with van der Waals surface area (Å²) in [6.45, 7) is 3.00. The molecule has 0 aliphatic carbocycles. The van der Waals surface area contributed by atoms with Crippen LogP contribution in [0.2, 0.25) is 5.02 Å². The highest BCUT2D eigenvalue weighted by Crippen LogP contribution is 2.26. The van der Waals surface area contributed by atoms with Crippen molar-refractivity contribution >= 4 is 29.4 Å². The van der Waals surface area contributed by atoms with Gasteiger partial charge in [0.2, 0.25) is 5.88 Å². The number of hydrogen-bond acceptors (Lipinski definition) is 4. The van der Waals surface area contributed by atoms with Gasteiger partial charge >= 0.3 is 0 Å². The van der Waals surface area contributed by atoms with E-state index in [9.17, 15) is 4.79 Å². The van der Waals surface area contributed by atoms with Gasteiger partial charge < -0.3 is 10.1 Å². The van der Waals surface area contributed by atoms with Crippen LogP contribution in [0.15, 0.2) is 42.7 Å². The monoisotopic (exact) mass is 315 g/mol. The molecular formula is C16H14ClN3O2. The number of rotatable bonds is 5. The number of imidazole rings is 1. The van der Waals surface area contributed by atoms with Crippen LogP contribution in [0.5, 0.6) is 5.88 Å². The third-order valence-electron chi connectivity index (χ3n) is 3.46. The molecule has 0 unspecified atom stereocenters. The van der Waals surface area contributed by atoms with Crippen LogP contribution in [0.4, 0.5) is 5.69 Å². The van der Waals surface area contributed by atoms with E-state index in [0.717, 1.165) is 11.1 Å². The van der Waals surface area contributed by atoms with Crippen LogP contribution in [0.25, 0.3) is 5.65 Å². The maximum atomic E-state index is 10.8. The second-order valence-electron chi connectivity index (χ2n) is 4.85. The summed E-state index contributed by atoms with van der Waals surface area (Å²) in [4.78, 5) is 14.9. The lowest BCUT2D eigenvalue weighted by Gasteiger charge is -2.13. The van der Waals surface area contributed by atoms with Gasteiger partial charge in [-0.1, -0.05) is 17.7 Å². The van der Waals surface area contributed by atoms with Crippen molar-refractivity contribution in [3.8, 4) is 5.88 Å². The number of benzene rings is 1. The first kappa shape index (κ1) is 14.4. The SMILES string of the molecule is Cc1ccc(Cl)cc1CNc1ccc2nccn2c1OC=O. The Labute approximate surface area is 132 Å². The van der Waals surface area contributed by atoms with Gasteiger partial charge in [-0.15, -0.1) is 0 Å². The lowest BCUT2D eigenvalue weighted by Crippen LogP contribution is -2.06. The lowest BCUT2D eigenvalue weighted by molar-refractivity contribution is -0.120. The Kier molecular flexibility index (Phi) is 3.98. The van der Waals surface area contributed by atoms with Crippen molar-refractivity contribution in [2.45, 2.75) is 13.5 Å². The van der Waals surface area contributed by atoms with E-state index in [1.807, 2.05) is 37.3 Å². The molecule has 0 aliphatic heterocycles. The summed E-state index contributed by atoms with van der Waals surface area (Å²) >= 11 is 6.03. The Morgan fingerprint density at radius 1 is 1.36 bits per heavy atom. The van der Waals surface area contributed by atoms with Gasteiger partial charge in [-0.05, 0) is 42.3 Å². The number of halogens is 1. The molecule has 0 radical (unpaired) electrons. The normalized spacial score (nSPS) is 10.6. The van der Waals surface area contributed by atoms with Crippen molar-refractivity contribution in [1.82, 2.24) is 9.38 Å². The second-order valence-corrected chi connectivity index (χ2v) is 5.28. The first-order chi connectivity index (χ1) is 10.7. The number of aromatic nitrogens is 2. The van der Waals surface area contributed by atoms with Crippen molar-refractivity contribution in [2.24, 2.45) is 0 Å². The number of ether oxygens (including phenoxy) is 1. The van der Waals surface area contributed by atoms with Gasteiger partial charge in [0.1, 0.15) is 5.65 Å². The summed E-state index contributed by atoms with van der Waals surface area (Å²) < 4.78 is 6.81. The molecule has 2 heterocycles. The molecule has 112 valence electrons. The molecule has 6 heteroatoms. The van der Waals surface area contributed by atoms with Gasteiger partial charge in [0.15, 0.2) is 0 Å². The fourth-order valence-corrected chi connectivity index (χ4v) is 2.48. The number of hydrogen-bond donors (Lipinski definition) is 1. The zero-order valence-corrected chi connectivity index (χ0v) is 12.7. The lowest BCUT2D eigenvalue weighted by atomic mass is 10.1. The molecule has 3 aromatic rings. The van der Waals surface area contributed by atoms with Crippen molar-refractivity contribution in [3.63, 3.8) is 0 Å². The third kappa shape index (κ3) is 2.76. The van der Waals surface area contributed by atoms with Gasteiger partial charge in [0.25, 0.3) is 6.47 Å². The highest BCUT2D eigenvalue weighted by molar-refractivity contribution is 6.30. The molecular weight excluding hydrogens is 302 g/mol. The molecule has 0 atom stereocenters. The fraction of sp³-hybridized carbons (Fsp3) is 0.125. The average molecular weight is 316 g/mol. The highest BCUT2D eigenvalue weighted by atomic mass is 35.5. The van der Waals surface area contributed by atoms with Crippen LogP contribution in [0, 0.1) is 6.92 Å². The van der Waals surface area contributed by atoms with Crippen LogP contribution in [0.3, 0.4) is 0 Å². The summed E-state index contributed by atoms with van der Waals surface area (Å²) in [5.74, 6) is 0.407. The van der Waals surface area contributed by atoms with Crippen LogP contribution < -0.4 is 10.1 Å². The van der Waals surface area contributed by atoms with Gasteiger partial charge in [0.05, 0.1) is 5.69 Å². The smallest absolute Gasteiger partial charge is 0.299 e. The van der Waals surface area contributed by atoms with Crippen molar-refractivity contribution in [1.29, 1.82) is 0 Å². The maximum Gasteiger partial charge on any atom is 0.299 e. The Bertz CT molecular complexity index is 829. The molecule has 1 aromatic carbocycles. The Morgan fingerprint density at radius 3 is 3.05 bits per heavy atom. The second kappa shape index (κ2) is 6.07. The summed E-state index contributed by atoms with van der Waals surface area (Å²) in [5.41, 5.74) is 3.63. The van der Waals surface area contributed by atoms with E-state index in [1.165, 1.54) is 0 Å². The minimum atomic E-state index is 0.407. The zero-order valence-electron chi connectivity index (χ0n) is 11.9. The molecule has 22 heavy (non-hydrogen) atoms. The molecule has 0 spiro atoms. The van der Waals surface area contributed by atoms with E-state index in [0.29, 0.717) is 35.3 Å². The molecule has 0 saturated carbocycles. The minimum Gasteiger partial charge on any atom is -0.409 e. The third-order valence-corrected chi connectivity index (χ3v) is 3.69. The molecule has 0 aliphatic rings. The summed E-state index contributed by atoms with van der Waals surface area (Å²) in [6, 6.07) is 9.44. The van der Waals surface area contributed by atoms with E-state index in [1.54, 1.807) is 16.8 Å². The van der Waals surface area contributed by atoms with E-state index in [4.69, 9.17) is 16.3 Å². The maximum absolute atomic E-state index is 10.8.